The minimum atomic E-state index is 0.599. The Morgan fingerprint density at radius 2 is 2.15 bits per heavy atom. The van der Waals surface area contributed by atoms with Gasteiger partial charge in [0.15, 0.2) is 0 Å². The summed E-state index contributed by atoms with van der Waals surface area (Å²) in [6.07, 6.45) is 1.18. The molecule has 0 saturated heterocycles. The maximum absolute atomic E-state index is 6.08. The van der Waals surface area contributed by atoms with Gasteiger partial charge in [-0.2, -0.15) is 4.37 Å². The Labute approximate surface area is 128 Å². The molecule has 0 saturated carbocycles. The van der Waals surface area contributed by atoms with Crippen molar-refractivity contribution >= 4 is 33.7 Å². The van der Waals surface area contributed by atoms with Crippen LogP contribution in [-0.4, -0.2) is 22.4 Å². The van der Waals surface area contributed by atoms with Gasteiger partial charge in [-0.3, -0.25) is 0 Å². The molecule has 0 radical (unpaired) electrons. The zero-order valence-electron chi connectivity index (χ0n) is 12.5. The zero-order chi connectivity index (χ0) is 14.7. The summed E-state index contributed by atoms with van der Waals surface area (Å²) >= 11 is 3.12. The highest BCUT2D eigenvalue weighted by Crippen LogP contribution is 2.40. The second-order valence-corrected chi connectivity index (χ2v) is 6.70. The molecule has 4 nitrogen and oxygen atoms in total. The Morgan fingerprint density at radius 3 is 2.70 bits per heavy atom. The fraction of sp³-hybridized carbons (Fsp3) is 0.571. The number of hydrogen-bond acceptors (Lipinski definition) is 6. The minimum Gasteiger partial charge on any atom is -0.382 e. The minimum absolute atomic E-state index is 0.599. The number of rotatable bonds is 6. The molecule has 2 aromatic heterocycles. The molecule has 6 heteroatoms. The van der Waals surface area contributed by atoms with Crippen molar-refractivity contribution in [2.24, 2.45) is 5.92 Å². The van der Waals surface area contributed by atoms with Gasteiger partial charge in [0.25, 0.3) is 0 Å². The number of nitrogen functional groups attached to an aromatic ring is 1. The first-order valence-corrected chi connectivity index (χ1v) is 8.64. The van der Waals surface area contributed by atoms with Crippen molar-refractivity contribution in [2.75, 3.05) is 23.7 Å². The molecule has 20 heavy (non-hydrogen) atoms. The van der Waals surface area contributed by atoms with Crippen molar-refractivity contribution in [1.82, 2.24) is 9.36 Å². The molecule has 0 aliphatic carbocycles. The fourth-order valence-corrected chi connectivity index (χ4v) is 3.84. The maximum Gasteiger partial charge on any atom is 0.149 e. The summed E-state index contributed by atoms with van der Waals surface area (Å²) in [5.74, 6) is 1.26. The molecule has 2 aromatic rings. The standard InChI is InChI=1S/C14H22N4S2/c1-5-9(3)7-18(6-2)14-11(12(15)17-20-14)13-16-10(4)8-19-13/h8-9H,5-7H2,1-4H3,(H2,15,17). The summed E-state index contributed by atoms with van der Waals surface area (Å²) in [6, 6.07) is 0. The summed E-state index contributed by atoms with van der Waals surface area (Å²) in [7, 11) is 0. The van der Waals surface area contributed by atoms with Gasteiger partial charge in [-0.05, 0) is 31.3 Å². The molecule has 0 aliphatic rings. The molecule has 2 heterocycles. The first-order chi connectivity index (χ1) is 9.56. The fourth-order valence-electron chi connectivity index (χ4n) is 2.04. The molecular formula is C14H22N4S2. The van der Waals surface area contributed by atoms with Crippen LogP contribution in [-0.2, 0) is 0 Å². The highest BCUT2D eigenvalue weighted by atomic mass is 32.1. The number of thiazole rings is 1. The number of aryl methyl sites for hydroxylation is 1. The number of aromatic nitrogens is 2. The highest BCUT2D eigenvalue weighted by molar-refractivity contribution is 7.15. The third kappa shape index (κ3) is 3.12. The van der Waals surface area contributed by atoms with Crippen LogP contribution in [0.2, 0.25) is 0 Å². The monoisotopic (exact) mass is 310 g/mol. The molecule has 0 spiro atoms. The Balaban J connectivity index is 2.36. The Kier molecular flexibility index (Phi) is 4.99. The smallest absolute Gasteiger partial charge is 0.149 e. The normalized spacial score (nSPS) is 12.6. The van der Waals surface area contributed by atoms with Crippen LogP contribution >= 0.6 is 22.9 Å². The average molecular weight is 310 g/mol. The third-order valence-electron chi connectivity index (χ3n) is 3.43. The summed E-state index contributed by atoms with van der Waals surface area (Å²) in [6.45, 7) is 10.7. The van der Waals surface area contributed by atoms with Gasteiger partial charge in [0.05, 0.1) is 5.56 Å². The van der Waals surface area contributed by atoms with Gasteiger partial charge in [-0.25, -0.2) is 4.98 Å². The summed E-state index contributed by atoms with van der Waals surface area (Å²) in [5, 5.41) is 4.19. The molecule has 0 aromatic carbocycles. The summed E-state index contributed by atoms with van der Waals surface area (Å²) in [5.41, 5.74) is 8.12. The topological polar surface area (TPSA) is 55.0 Å². The van der Waals surface area contributed by atoms with E-state index in [1.807, 2.05) is 6.92 Å². The number of nitrogens with two attached hydrogens (primary N) is 1. The first-order valence-electron chi connectivity index (χ1n) is 6.99. The van der Waals surface area contributed by atoms with E-state index in [1.54, 1.807) is 11.3 Å². The van der Waals surface area contributed by atoms with Crippen molar-refractivity contribution in [3.8, 4) is 10.6 Å². The number of nitrogens with zero attached hydrogens (tertiary/aromatic N) is 3. The lowest BCUT2D eigenvalue weighted by Gasteiger charge is -2.25. The quantitative estimate of drug-likeness (QED) is 0.875. The van der Waals surface area contributed by atoms with Gasteiger partial charge >= 0.3 is 0 Å². The SMILES string of the molecule is CCC(C)CN(CC)c1snc(N)c1-c1nc(C)cs1. The van der Waals surface area contributed by atoms with Crippen molar-refractivity contribution in [1.29, 1.82) is 0 Å². The summed E-state index contributed by atoms with van der Waals surface area (Å²) in [4.78, 5) is 6.94. The molecule has 0 aliphatic heterocycles. The largest absolute Gasteiger partial charge is 0.382 e. The van der Waals surface area contributed by atoms with E-state index in [0.29, 0.717) is 11.7 Å². The molecular weight excluding hydrogens is 288 g/mol. The Morgan fingerprint density at radius 1 is 1.40 bits per heavy atom. The van der Waals surface area contributed by atoms with Crippen LogP contribution < -0.4 is 10.6 Å². The number of anilines is 2. The second kappa shape index (κ2) is 6.54. The number of hydrogen-bond donors (Lipinski definition) is 1. The van der Waals surface area contributed by atoms with E-state index in [0.717, 1.165) is 34.4 Å². The van der Waals surface area contributed by atoms with Gasteiger partial charge in [0.1, 0.15) is 15.8 Å². The van der Waals surface area contributed by atoms with E-state index in [-0.39, 0.29) is 0 Å². The lowest BCUT2D eigenvalue weighted by molar-refractivity contribution is 0.550. The second-order valence-electron chi connectivity index (χ2n) is 5.09. The third-order valence-corrected chi connectivity index (χ3v) is 5.33. The van der Waals surface area contributed by atoms with Gasteiger partial charge in [0, 0.05) is 24.2 Å². The van der Waals surface area contributed by atoms with Gasteiger partial charge in [-0.1, -0.05) is 20.3 Å². The molecule has 2 N–H and O–H groups in total. The van der Waals surface area contributed by atoms with Crippen LogP contribution in [0.3, 0.4) is 0 Å². The molecule has 0 fully saturated rings. The predicted molar refractivity (Wildman–Crippen MR) is 89.7 cm³/mol. The maximum atomic E-state index is 6.08. The van der Waals surface area contributed by atoms with E-state index in [2.05, 4.69) is 40.4 Å². The molecule has 0 bridgehead atoms. The van der Waals surface area contributed by atoms with E-state index in [4.69, 9.17) is 5.73 Å². The van der Waals surface area contributed by atoms with Crippen LogP contribution in [0.1, 0.15) is 32.9 Å². The lowest BCUT2D eigenvalue weighted by Crippen LogP contribution is -2.27. The predicted octanol–water partition coefficient (Wildman–Crippen LogP) is 4.03. The molecule has 110 valence electrons. The van der Waals surface area contributed by atoms with Crippen LogP contribution in [0.25, 0.3) is 10.6 Å². The van der Waals surface area contributed by atoms with Crippen molar-refractivity contribution in [3.63, 3.8) is 0 Å². The highest BCUT2D eigenvalue weighted by Gasteiger charge is 2.21. The van der Waals surface area contributed by atoms with E-state index in [9.17, 15) is 0 Å². The van der Waals surface area contributed by atoms with Crippen LogP contribution in [0, 0.1) is 12.8 Å². The molecule has 0 amide bonds. The van der Waals surface area contributed by atoms with Crippen LogP contribution in [0.4, 0.5) is 10.8 Å². The van der Waals surface area contributed by atoms with Crippen molar-refractivity contribution in [2.45, 2.75) is 34.1 Å². The molecule has 1 atom stereocenters. The Bertz CT molecular complexity index is 561. The Hall–Kier alpha value is -1.14. The van der Waals surface area contributed by atoms with Crippen molar-refractivity contribution in [3.05, 3.63) is 11.1 Å². The first kappa shape index (κ1) is 15.3. The summed E-state index contributed by atoms with van der Waals surface area (Å²) < 4.78 is 4.35. The van der Waals surface area contributed by atoms with Crippen LogP contribution in [0.15, 0.2) is 5.38 Å². The molecule has 2 rings (SSSR count). The van der Waals surface area contributed by atoms with Gasteiger partial charge in [0.2, 0.25) is 0 Å². The van der Waals surface area contributed by atoms with E-state index in [1.165, 1.54) is 18.0 Å². The lowest BCUT2D eigenvalue weighted by atomic mass is 10.1. The van der Waals surface area contributed by atoms with Crippen molar-refractivity contribution < 1.29 is 0 Å². The van der Waals surface area contributed by atoms with E-state index >= 15 is 0 Å². The van der Waals surface area contributed by atoms with Gasteiger partial charge < -0.3 is 10.6 Å². The van der Waals surface area contributed by atoms with Gasteiger partial charge in [-0.15, -0.1) is 11.3 Å². The molecule has 1 unspecified atom stereocenters. The van der Waals surface area contributed by atoms with E-state index < -0.39 is 0 Å². The average Bonchev–Trinajstić information content (AvgIpc) is 3.01. The zero-order valence-corrected chi connectivity index (χ0v) is 14.1. The van der Waals surface area contributed by atoms with Crippen LogP contribution in [0.5, 0.6) is 0 Å².